The standard InChI is InChI=1S/C15H14FNO4S/c16-14-11-5-2-1-4-10(11)7-8-13(14)22(20,21)17-9-3-6-12(17)15(18)19/h1-2,4-5,7-8,12H,3,6,9H2,(H,18,19). The quantitative estimate of drug-likeness (QED) is 0.940. The number of rotatable bonds is 3. The van der Waals surface area contributed by atoms with E-state index >= 15 is 0 Å². The number of halogens is 1. The van der Waals surface area contributed by atoms with Gasteiger partial charge in [0.15, 0.2) is 5.82 Å². The molecule has 3 rings (SSSR count). The van der Waals surface area contributed by atoms with E-state index in [4.69, 9.17) is 5.11 Å². The number of hydrogen-bond acceptors (Lipinski definition) is 3. The number of carboxylic acid groups (broad SMARTS) is 1. The average Bonchev–Trinajstić information content (AvgIpc) is 2.98. The zero-order valence-corrected chi connectivity index (χ0v) is 12.4. The van der Waals surface area contributed by atoms with Gasteiger partial charge in [0, 0.05) is 11.9 Å². The topological polar surface area (TPSA) is 74.7 Å². The highest BCUT2D eigenvalue weighted by molar-refractivity contribution is 7.89. The van der Waals surface area contributed by atoms with E-state index in [-0.39, 0.29) is 18.4 Å². The molecule has 22 heavy (non-hydrogen) atoms. The first-order chi connectivity index (χ1) is 10.4. The van der Waals surface area contributed by atoms with Gasteiger partial charge in [-0.1, -0.05) is 30.3 Å². The summed E-state index contributed by atoms with van der Waals surface area (Å²) in [5.74, 6) is -2.04. The zero-order chi connectivity index (χ0) is 15.9. The Balaban J connectivity index is 2.13. The maximum atomic E-state index is 14.6. The predicted molar refractivity (Wildman–Crippen MR) is 78.5 cm³/mol. The first-order valence-electron chi connectivity index (χ1n) is 6.85. The Labute approximate surface area is 127 Å². The molecule has 7 heteroatoms. The van der Waals surface area contributed by atoms with Crippen molar-refractivity contribution in [2.24, 2.45) is 0 Å². The minimum Gasteiger partial charge on any atom is -0.480 e. The molecule has 1 unspecified atom stereocenters. The number of fused-ring (bicyclic) bond motifs is 1. The van der Waals surface area contributed by atoms with Gasteiger partial charge in [-0.05, 0) is 24.3 Å². The van der Waals surface area contributed by atoms with Crippen LogP contribution in [0.3, 0.4) is 0 Å². The maximum Gasteiger partial charge on any atom is 0.322 e. The van der Waals surface area contributed by atoms with E-state index < -0.39 is 32.7 Å². The average molecular weight is 323 g/mol. The minimum absolute atomic E-state index is 0.0889. The van der Waals surface area contributed by atoms with Crippen LogP contribution in [0.4, 0.5) is 4.39 Å². The van der Waals surface area contributed by atoms with Crippen molar-refractivity contribution >= 4 is 26.8 Å². The van der Waals surface area contributed by atoms with E-state index in [2.05, 4.69) is 0 Å². The summed E-state index contributed by atoms with van der Waals surface area (Å²) in [6.45, 7) is 0.0889. The molecule has 116 valence electrons. The van der Waals surface area contributed by atoms with Gasteiger partial charge in [0.25, 0.3) is 0 Å². The van der Waals surface area contributed by atoms with Gasteiger partial charge in [0.1, 0.15) is 10.9 Å². The van der Waals surface area contributed by atoms with Gasteiger partial charge in [0.05, 0.1) is 0 Å². The largest absolute Gasteiger partial charge is 0.480 e. The first-order valence-corrected chi connectivity index (χ1v) is 8.29. The number of sulfonamides is 1. The maximum absolute atomic E-state index is 14.6. The third-order valence-corrected chi connectivity index (χ3v) is 5.83. The second-order valence-electron chi connectivity index (χ2n) is 5.21. The number of carboxylic acids is 1. The lowest BCUT2D eigenvalue weighted by Crippen LogP contribution is -2.40. The van der Waals surface area contributed by atoms with Crippen LogP contribution >= 0.6 is 0 Å². The van der Waals surface area contributed by atoms with Crippen LogP contribution < -0.4 is 0 Å². The van der Waals surface area contributed by atoms with Gasteiger partial charge in [-0.25, -0.2) is 12.8 Å². The van der Waals surface area contributed by atoms with Gasteiger partial charge in [-0.15, -0.1) is 0 Å². The van der Waals surface area contributed by atoms with E-state index in [0.717, 1.165) is 4.31 Å². The number of aliphatic carboxylic acids is 1. The van der Waals surface area contributed by atoms with Crippen LogP contribution in [0.1, 0.15) is 12.8 Å². The second kappa shape index (κ2) is 5.33. The fourth-order valence-corrected chi connectivity index (χ4v) is 4.54. The van der Waals surface area contributed by atoms with Crippen LogP contribution in [0.5, 0.6) is 0 Å². The SMILES string of the molecule is O=C(O)C1CCCN1S(=O)(=O)c1ccc2ccccc2c1F. The molecule has 1 N–H and O–H groups in total. The number of hydrogen-bond donors (Lipinski definition) is 1. The summed E-state index contributed by atoms with van der Waals surface area (Å²) >= 11 is 0. The van der Waals surface area contributed by atoms with Gasteiger partial charge in [-0.2, -0.15) is 4.31 Å². The molecule has 1 aliphatic heterocycles. The smallest absolute Gasteiger partial charge is 0.322 e. The lowest BCUT2D eigenvalue weighted by Gasteiger charge is -2.21. The monoisotopic (exact) mass is 323 g/mol. The van der Waals surface area contributed by atoms with Crippen molar-refractivity contribution in [2.45, 2.75) is 23.8 Å². The molecule has 2 aromatic rings. The molecule has 0 radical (unpaired) electrons. The summed E-state index contributed by atoms with van der Waals surface area (Å²) in [6, 6.07) is 8.14. The highest BCUT2D eigenvalue weighted by Gasteiger charge is 2.40. The summed E-state index contributed by atoms with van der Waals surface area (Å²) in [6.07, 6.45) is 0.690. The summed E-state index contributed by atoms with van der Waals surface area (Å²) in [4.78, 5) is 10.7. The molecule has 2 aromatic carbocycles. The van der Waals surface area contributed by atoms with E-state index in [1.54, 1.807) is 18.2 Å². The lowest BCUT2D eigenvalue weighted by molar-refractivity contribution is -0.140. The summed E-state index contributed by atoms with van der Waals surface area (Å²) in [7, 11) is -4.18. The van der Waals surface area contributed by atoms with Gasteiger partial charge < -0.3 is 5.11 Å². The Kier molecular flexibility index (Phi) is 3.62. The summed E-state index contributed by atoms with van der Waals surface area (Å²) < 4.78 is 40.7. The second-order valence-corrected chi connectivity index (χ2v) is 7.07. The molecule has 1 aliphatic rings. The van der Waals surface area contributed by atoms with Crippen LogP contribution in [0.25, 0.3) is 10.8 Å². The Morgan fingerprint density at radius 2 is 1.95 bits per heavy atom. The van der Waals surface area contributed by atoms with Crippen molar-refractivity contribution in [1.82, 2.24) is 4.31 Å². The van der Waals surface area contributed by atoms with E-state index in [1.807, 2.05) is 0 Å². The molecule has 1 atom stereocenters. The fraction of sp³-hybridized carbons (Fsp3) is 0.267. The van der Waals surface area contributed by atoms with Crippen LogP contribution in [-0.4, -0.2) is 36.4 Å². The normalized spacial score (nSPS) is 19.6. The first kappa shape index (κ1) is 14.9. The van der Waals surface area contributed by atoms with Crippen LogP contribution in [0.2, 0.25) is 0 Å². The predicted octanol–water partition coefficient (Wildman–Crippen LogP) is 2.22. The molecule has 0 saturated carbocycles. The van der Waals surface area contributed by atoms with E-state index in [9.17, 15) is 17.6 Å². The molecule has 1 fully saturated rings. The van der Waals surface area contributed by atoms with Gasteiger partial charge in [0.2, 0.25) is 10.0 Å². The molecule has 0 aliphatic carbocycles. The van der Waals surface area contributed by atoms with Crippen molar-refractivity contribution in [3.63, 3.8) is 0 Å². The Hall–Kier alpha value is -1.99. The molecule has 0 spiro atoms. The van der Waals surface area contributed by atoms with Crippen molar-refractivity contribution in [2.75, 3.05) is 6.54 Å². The molecule has 0 aromatic heterocycles. The number of benzene rings is 2. The van der Waals surface area contributed by atoms with Crippen molar-refractivity contribution in [3.8, 4) is 0 Å². The molecule has 0 bridgehead atoms. The number of nitrogens with zero attached hydrogens (tertiary/aromatic N) is 1. The number of carbonyl (C=O) groups is 1. The Morgan fingerprint density at radius 3 is 2.68 bits per heavy atom. The fourth-order valence-electron chi connectivity index (χ4n) is 2.81. The van der Waals surface area contributed by atoms with Gasteiger partial charge in [-0.3, -0.25) is 4.79 Å². The minimum atomic E-state index is -4.18. The molecule has 1 heterocycles. The summed E-state index contributed by atoms with van der Waals surface area (Å²) in [5, 5.41) is 9.93. The van der Waals surface area contributed by atoms with Crippen LogP contribution in [0, 0.1) is 5.82 Å². The molecule has 1 saturated heterocycles. The van der Waals surface area contributed by atoms with Gasteiger partial charge >= 0.3 is 5.97 Å². The Bertz CT molecular complexity index is 850. The van der Waals surface area contributed by atoms with Crippen molar-refractivity contribution in [1.29, 1.82) is 0 Å². The van der Waals surface area contributed by atoms with Crippen molar-refractivity contribution < 1.29 is 22.7 Å². The highest BCUT2D eigenvalue weighted by atomic mass is 32.2. The molecule has 5 nitrogen and oxygen atoms in total. The molecular formula is C15H14FNO4S. The summed E-state index contributed by atoms with van der Waals surface area (Å²) in [5.41, 5.74) is 0. The molecule has 0 amide bonds. The zero-order valence-electron chi connectivity index (χ0n) is 11.6. The third-order valence-electron chi connectivity index (χ3n) is 3.90. The van der Waals surface area contributed by atoms with Crippen LogP contribution in [0.15, 0.2) is 41.3 Å². The van der Waals surface area contributed by atoms with Crippen molar-refractivity contribution in [3.05, 3.63) is 42.2 Å². The lowest BCUT2D eigenvalue weighted by atomic mass is 10.1. The highest BCUT2D eigenvalue weighted by Crippen LogP contribution is 2.30. The van der Waals surface area contributed by atoms with E-state index in [1.165, 1.54) is 18.2 Å². The Morgan fingerprint density at radius 1 is 1.23 bits per heavy atom. The molecular weight excluding hydrogens is 309 g/mol. The van der Waals surface area contributed by atoms with E-state index in [0.29, 0.717) is 11.8 Å². The van der Waals surface area contributed by atoms with Crippen LogP contribution in [-0.2, 0) is 14.8 Å². The third kappa shape index (κ3) is 2.26.